The largest absolute Gasteiger partial charge is 0.103 e. The molecule has 0 aromatic carbocycles. The fraction of sp³-hybridized carbons (Fsp3) is 0.571. The van der Waals surface area contributed by atoms with E-state index in [0.29, 0.717) is 0 Å². The van der Waals surface area contributed by atoms with E-state index in [1.807, 2.05) is 6.08 Å². The number of unbranched alkanes of at least 4 members (excludes halogenated alkanes) is 1. The second-order valence-corrected chi connectivity index (χ2v) is 3.72. The highest BCUT2D eigenvalue weighted by molar-refractivity contribution is 5.06. The Morgan fingerprint density at radius 3 is 2.43 bits per heavy atom. The molecule has 0 fully saturated rings. The van der Waals surface area contributed by atoms with Gasteiger partial charge in [0.05, 0.1) is 0 Å². The van der Waals surface area contributed by atoms with Crippen LogP contribution >= 0.6 is 0 Å². The molecule has 0 rings (SSSR count). The maximum atomic E-state index is 3.72. The SMILES string of the molecule is C=CCC/C=C(\C)CC/C(=C/C)CC. The van der Waals surface area contributed by atoms with Crippen molar-refractivity contribution in [2.24, 2.45) is 0 Å². The van der Waals surface area contributed by atoms with Gasteiger partial charge in [-0.2, -0.15) is 0 Å². The zero-order chi connectivity index (χ0) is 10.8. The van der Waals surface area contributed by atoms with Crippen molar-refractivity contribution < 1.29 is 0 Å². The number of allylic oxidation sites excluding steroid dienone is 5. The molecule has 0 nitrogen and oxygen atoms in total. The van der Waals surface area contributed by atoms with Crippen LogP contribution in [0.1, 0.15) is 52.9 Å². The molecule has 14 heavy (non-hydrogen) atoms. The molecule has 0 saturated carbocycles. The summed E-state index contributed by atoms with van der Waals surface area (Å²) < 4.78 is 0. The first kappa shape index (κ1) is 13.2. The predicted molar refractivity (Wildman–Crippen MR) is 66.5 cm³/mol. The van der Waals surface area contributed by atoms with E-state index in [9.17, 15) is 0 Å². The van der Waals surface area contributed by atoms with Gasteiger partial charge >= 0.3 is 0 Å². The van der Waals surface area contributed by atoms with E-state index in [0.717, 1.165) is 12.8 Å². The first-order valence-corrected chi connectivity index (χ1v) is 5.65. The normalized spacial score (nSPS) is 13.1. The van der Waals surface area contributed by atoms with Gasteiger partial charge in [0, 0.05) is 0 Å². The van der Waals surface area contributed by atoms with Gasteiger partial charge in [-0.05, 0) is 46.0 Å². The molecule has 0 spiro atoms. The van der Waals surface area contributed by atoms with Crippen LogP contribution in [-0.2, 0) is 0 Å². The van der Waals surface area contributed by atoms with Gasteiger partial charge in [-0.15, -0.1) is 6.58 Å². The van der Waals surface area contributed by atoms with Gasteiger partial charge in [0.1, 0.15) is 0 Å². The minimum atomic E-state index is 1.10. The zero-order valence-electron chi connectivity index (χ0n) is 9.97. The molecule has 0 saturated heterocycles. The third-order valence-electron chi connectivity index (χ3n) is 2.57. The van der Waals surface area contributed by atoms with E-state index in [2.05, 4.69) is 39.5 Å². The Morgan fingerprint density at radius 1 is 1.21 bits per heavy atom. The van der Waals surface area contributed by atoms with Crippen LogP contribution in [0.3, 0.4) is 0 Å². The van der Waals surface area contributed by atoms with Gasteiger partial charge in [-0.25, -0.2) is 0 Å². The van der Waals surface area contributed by atoms with Crippen molar-refractivity contribution in [3.8, 4) is 0 Å². The van der Waals surface area contributed by atoms with E-state index in [1.165, 1.54) is 24.8 Å². The highest BCUT2D eigenvalue weighted by atomic mass is 14.0. The maximum absolute atomic E-state index is 3.72. The Hall–Kier alpha value is -0.780. The molecule has 0 heterocycles. The molecule has 0 aliphatic carbocycles. The van der Waals surface area contributed by atoms with Crippen molar-refractivity contribution in [2.75, 3.05) is 0 Å². The quantitative estimate of drug-likeness (QED) is 0.392. The first-order chi connectivity index (χ1) is 6.74. The van der Waals surface area contributed by atoms with Crippen LogP contribution in [0.25, 0.3) is 0 Å². The summed E-state index contributed by atoms with van der Waals surface area (Å²) in [7, 11) is 0. The van der Waals surface area contributed by atoms with Crippen LogP contribution in [0.15, 0.2) is 36.0 Å². The van der Waals surface area contributed by atoms with Gasteiger partial charge < -0.3 is 0 Å². The van der Waals surface area contributed by atoms with Crippen molar-refractivity contribution in [1.29, 1.82) is 0 Å². The Kier molecular flexibility index (Phi) is 8.31. The van der Waals surface area contributed by atoms with E-state index >= 15 is 0 Å². The van der Waals surface area contributed by atoms with Crippen molar-refractivity contribution in [3.05, 3.63) is 36.0 Å². The Labute approximate surface area is 89.4 Å². The summed E-state index contributed by atoms with van der Waals surface area (Å²) in [4.78, 5) is 0. The molecule has 0 bridgehead atoms. The van der Waals surface area contributed by atoms with E-state index < -0.39 is 0 Å². The summed E-state index contributed by atoms with van der Waals surface area (Å²) >= 11 is 0. The lowest BCUT2D eigenvalue weighted by molar-refractivity contribution is 0.861. The molecule has 0 aliphatic rings. The van der Waals surface area contributed by atoms with Crippen molar-refractivity contribution in [1.82, 2.24) is 0 Å². The van der Waals surface area contributed by atoms with Crippen LogP contribution < -0.4 is 0 Å². The molecule has 0 aliphatic heterocycles. The Morgan fingerprint density at radius 2 is 1.93 bits per heavy atom. The van der Waals surface area contributed by atoms with Crippen LogP contribution in [0.4, 0.5) is 0 Å². The third-order valence-corrected chi connectivity index (χ3v) is 2.57. The molecule has 0 unspecified atom stereocenters. The molecule has 0 amide bonds. The van der Waals surface area contributed by atoms with Crippen molar-refractivity contribution in [2.45, 2.75) is 52.9 Å². The Balaban J connectivity index is 3.76. The second-order valence-electron chi connectivity index (χ2n) is 3.72. The molecular weight excluding hydrogens is 168 g/mol. The van der Waals surface area contributed by atoms with Crippen molar-refractivity contribution in [3.63, 3.8) is 0 Å². The monoisotopic (exact) mass is 192 g/mol. The molecule has 80 valence electrons. The highest BCUT2D eigenvalue weighted by Crippen LogP contribution is 2.14. The molecule has 0 radical (unpaired) electrons. The average molecular weight is 192 g/mol. The number of hydrogen-bond acceptors (Lipinski definition) is 0. The van der Waals surface area contributed by atoms with Gasteiger partial charge in [0.2, 0.25) is 0 Å². The summed E-state index contributed by atoms with van der Waals surface area (Å²) in [5, 5.41) is 0. The van der Waals surface area contributed by atoms with Crippen LogP contribution in [0.5, 0.6) is 0 Å². The molecule has 0 aromatic heterocycles. The molecule has 0 N–H and O–H groups in total. The van der Waals surface area contributed by atoms with Gasteiger partial charge in [0.15, 0.2) is 0 Å². The van der Waals surface area contributed by atoms with Crippen LogP contribution in [0.2, 0.25) is 0 Å². The number of rotatable bonds is 7. The molecule has 0 atom stereocenters. The third kappa shape index (κ3) is 6.71. The van der Waals surface area contributed by atoms with Gasteiger partial charge in [-0.1, -0.05) is 36.3 Å². The lowest BCUT2D eigenvalue weighted by atomic mass is 10.0. The summed E-state index contributed by atoms with van der Waals surface area (Å²) in [6.07, 6.45) is 12.4. The first-order valence-electron chi connectivity index (χ1n) is 5.65. The zero-order valence-corrected chi connectivity index (χ0v) is 9.97. The lowest BCUT2D eigenvalue weighted by Crippen LogP contribution is -1.83. The molecular formula is C14H24. The average Bonchev–Trinajstić information content (AvgIpc) is 2.20. The maximum Gasteiger partial charge on any atom is -0.0283 e. The topological polar surface area (TPSA) is 0 Å². The minimum Gasteiger partial charge on any atom is -0.103 e. The Bertz CT molecular complexity index is 206. The minimum absolute atomic E-state index is 1.10. The predicted octanol–water partition coefficient (Wildman–Crippen LogP) is 5.04. The molecule has 0 aromatic rings. The van der Waals surface area contributed by atoms with Gasteiger partial charge in [0.25, 0.3) is 0 Å². The standard InChI is InChI=1S/C14H24/c1-5-8-9-10-13(4)11-12-14(6-2)7-3/h5-6,10H,1,7-9,11-12H2,2-4H3/b13-10+,14-6+. The van der Waals surface area contributed by atoms with E-state index in [4.69, 9.17) is 0 Å². The summed E-state index contributed by atoms with van der Waals surface area (Å²) in [6, 6.07) is 0. The van der Waals surface area contributed by atoms with Gasteiger partial charge in [-0.3, -0.25) is 0 Å². The number of hydrogen-bond donors (Lipinski definition) is 0. The summed E-state index contributed by atoms with van der Waals surface area (Å²) in [6.45, 7) is 10.3. The second kappa shape index (κ2) is 8.80. The molecule has 0 heteroatoms. The fourth-order valence-corrected chi connectivity index (χ4v) is 1.43. The summed E-state index contributed by atoms with van der Waals surface area (Å²) in [5.74, 6) is 0. The fourth-order valence-electron chi connectivity index (χ4n) is 1.43. The van der Waals surface area contributed by atoms with E-state index in [1.54, 1.807) is 5.57 Å². The van der Waals surface area contributed by atoms with Crippen LogP contribution in [0, 0.1) is 0 Å². The van der Waals surface area contributed by atoms with Crippen LogP contribution in [-0.4, -0.2) is 0 Å². The highest BCUT2D eigenvalue weighted by Gasteiger charge is 1.94. The van der Waals surface area contributed by atoms with E-state index in [-0.39, 0.29) is 0 Å². The smallest absolute Gasteiger partial charge is 0.0283 e. The van der Waals surface area contributed by atoms with Crippen molar-refractivity contribution >= 4 is 0 Å². The summed E-state index contributed by atoms with van der Waals surface area (Å²) in [5.41, 5.74) is 3.08. The lowest BCUT2D eigenvalue weighted by Gasteiger charge is -2.04.